The van der Waals surface area contributed by atoms with Crippen LogP contribution in [-0.4, -0.2) is 48.2 Å². The Balaban J connectivity index is 1.77. The summed E-state index contributed by atoms with van der Waals surface area (Å²) >= 11 is 0. The van der Waals surface area contributed by atoms with Gasteiger partial charge in [0.2, 0.25) is 0 Å². The molecule has 1 unspecified atom stereocenters. The first-order valence-corrected chi connectivity index (χ1v) is 9.96. The van der Waals surface area contributed by atoms with Crippen molar-refractivity contribution >= 4 is 11.6 Å². The molecule has 0 amide bonds. The van der Waals surface area contributed by atoms with Gasteiger partial charge in [-0.2, -0.15) is 0 Å². The van der Waals surface area contributed by atoms with Crippen LogP contribution in [0.1, 0.15) is 30.6 Å². The molecule has 1 N–H and O–H groups in total. The molecule has 4 bridgehead atoms. The van der Waals surface area contributed by atoms with Crippen LogP contribution in [0, 0.1) is 17.8 Å². The van der Waals surface area contributed by atoms with E-state index in [4.69, 9.17) is 14.2 Å². The smallest absolute Gasteiger partial charge is 0.200 e. The van der Waals surface area contributed by atoms with E-state index in [1.165, 1.54) is 6.07 Å². The Bertz CT molecular complexity index is 987. The predicted molar refractivity (Wildman–Crippen MR) is 104 cm³/mol. The summed E-state index contributed by atoms with van der Waals surface area (Å²) in [6, 6.07) is 4.78. The van der Waals surface area contributed by atoms with Crippen LogP contribution in [0.4, 0.5) is 0 Å². The molecule has 6 rings (SSSR count). The van der Waals surface area contributed by atoms with Gasteiger partial charge in [-0.1, -0.05) is 23.8 Å². The molecule has 152 valence electrons. The SMILES string of the molecule is COC[C@@H]1[C@H]2COC3(CC=C(C)C)C(=O)[C@@H]1C=C1C(=O)c4c(O)cccc4O[C@]123. The molecule has 5 atom stereocenters. The molecular weight excluding hydrogens is 372 g/mol. The molecule has 5 aliphatic rings. The van der Waals surface area contributed by atoms with E-state index in [0.717, 1.165) is 5.57 Å². The quantitative estimate of drug-likeness (QED) is 0.788. The highest BCUT2D eigenvalue weighted by Crippen LogP contribution is 2.64. The number of ketones is 2. The van der Waals surface area contributed by atoms with Crippen molar-refractivity contribution in [2.24, 2.45) is 17.8 Å². The summed E-state index contributed by atoms with van der Waals surface area (Å²) in [5.41, 5.74) is -0.785. The summed E-state index contributed by atoms with van der Waals surface area (Å²) in [5, 5.41) is 10.3. The zero-order valence-electron chi connectivity index (χ0n) is 16.7. The lowest BCUT2D eigenvalue weighted by Crippen LogP contribution is -2.74. The fourth-order valence-corrected chi connectivity index (χ4v) is 5.74. The predicted octanol–water partition coefficient (Wildman–Crippen LogP) is 2.85. The first-order valence-electron chi connectivity index (χ1n) is 9.96. The standard InChI is InChI=1S/C23H24O6/c1-12(2)7-8-22-21(26)13-9-15-20(25)19-17(24)5-4-6-18(19)29-23(15,22)16(11-28-22)14(13)10-27-3/h4-7,9,13-14,16,24H,8,10-11H2,1-3H3/t13-,14+,16-,22?,23-/m1/s1. The third-order valence-electron chi connectivity index (χ3n) is 6.96. The maximum Gasteiger partial charge on any atom is 0.200 e. The number of ether oxygens (including phenoxy) is 3. The fraction of sp³-hybridized carbons (Fsp3) is 0.478. The maximum absolute atomic E-state index is 13.7. The fourth-order valence-electron chi connectivity index (χ4n) is 5.74. The minimum absolute atomic E-state index is 0.0500. The molecule has 0 radical (unpaired) electrons. The Labute approximate surface area is 169 Å². The molecule has 1 aromatic rings. The number of benzene rings is 1. The van der Waals surface area contributed by atoms with Crippen LogP contribution in [0.15, 0.2) is 41.5 Å². The van der Waals surface area contributed by atoms with E-state index in [0.29, 0.717) is 31.0 Å². The number of hydrogen-bond acceptors (Lipinski definition) is 6. The van der Waals surface area contributed by atoms with Crippen LogP contribution in [0.2, 0.25) is 0 Å². The molecule has 0 aromatic heterocycles. The molecule has 1 saturated carbocycles. The second-order valence-electron chi connectivity index (χ2n) is 8.64. The van der Waals surface area contributed by atoms with Crippen molar-refractivity contribution in [2.75, 3.05) is 20.3 Å². The Kier molecular flexibility index (Phi) is 3.86. The van der Waals surface area contributed by atoms with Crippen molar-refractivity contribution in [1.82, 2.24) is 0 Å². The topological polar surface area (TPSA) is 82.1 Å². The second kappa shape index (κ2) is 6.03. The minimum Gasteiger partial charge on any atom is -0.507 e. The highest BCUT2D eigenvalue weighted by molar-refractivity contribution is 6.18. The zero-order valence-corrected chi connectivity index (χ0v) is 16.7. The zero-order chi connectivity index (χ0) is 20.6. The van der Waals surface area contributed by atoms with E-state index in [1.807, 2.05) is 19.9 Å². The highest BCUT2D eigenvalue weighted by atomic mass is 16.6. The summed E-state index contributed by atoms with van der Waals surface area (Å²) in [4.78, 5) is 27.2. The summed E-state index contributed by atoms with van der Waals surface area (Å²) in [7, 11) is 1.61. The minimum atomic E-state index is -1.24. The number of hydrogen-bond donors (Lipinski definition) is 1. The van der Waals surface area contributed by atoms with Gasteiger partial charge in [0.1, 0.15) is 17.1 Å². The van der Waals surface area contributed by atoms with Crippen LogP contribution >= 0.6 is 0 Å². The van der Waals surface area contributed by atoms with Gasteiger partial charge >= 0.3 is 0 Å². The molecule has 2 aliphatic heterocycles. The van der Waals surface area contributed by atoms with Crippen LogP contribution in [0.25, 0.3) is 0 Å². The maximum atomic E-state index is 13.7. The van der Waals surface area contributed by atoms with Crippen molar-refractivity contribution in [3.05, 3.63) is 47.1 Å². The average molecular weight is 396 g/mol. The number of phenolic OH excluding ortho intramolecular Hbond substituents is 1. The average Bonchev–Trinajstić information content (AvgIpc) is 2.96. The Morgan fingerprint density at radius 2 is 2.14 bits per heavy atom. The van der Waals surface area contributed by atoms with Crippen molar-refractivity contribution in [1.29, 1.82) is 0 Å². The third kappa shape index (κ3) is 2.08. The van der Waals surface area contributed by atoms with Crippen molar-refractivity contribution in [3.8, 4) is 11.5 Å². The number of aromatic hydroxyl groups is 1. The van der Waals surface area contributed by atoms with Crippen molar-refractivity contribution in [3.63, 3.8) is 0 Å². The molecule has 1 spiro atoms. The molecule has 2 heterocycles. The van der Waals surface area contributed by atoms with E-state index in [9.17, 15) is 14.7 Å². The molecule has 6 heteroatoms. The second-order valence-corrected chi connectivity index (χ2v) is 8.64. The summed E-state index contributed by atoms with van der Waals surface area (Å²) in [5.74, 6) is -0.921. The summed E-state index contributed by atoms with van der Waals surface area (Å²) < 4.78 is 18.2. The molecule has 29 heavy (non-hydrogen) atoms. The molecule has 1 saturated heterocycles. The number of Topliss-reactive ketones (excluding diaryl/α,β-unsaturated/α-hetero) is 2. The van der Waals surface area contributed by atoms with E-state index in [2.05, 4.69) is 0 Å². The molecule has 3 aliphatic carbocycles. The number of carbonyl (C=O) groups is 2. The lowest BCUT2D eigenvalue weighted by Gasteiger charge is -2.58. The van der Waals surface area contributed by atoms with Gasteiger partial charge < -0.3 is 19.3 Å². The first kappa shape index (κ1) is 18.6. The highest BCUT2D eigenvalue weighted by Gasteiger charge is 2.79. The summed E-state index contributed by atoms with van der Waals surface area (Å²) in [6.07, 6.45) is 4.07. The van der Waals surface area contributed by atoms with Gasteiger partial charge in [-0.3, -0.25) is 9.59 Å². The van der Waals surface area contributed by atoms with E-state index >= 15 is 0 Å². The van der Waals surface area contributed by atoms with Crippen molar-refractivity contribution in [2.45, 2.75) is 31.5 Å². The first-order chi connectivity index (χ1) is 13.9. The number of allylic oxidation sites excluding steroid dienone is 2. The Hall–Kier alpha value is -2.44. The van der Waals surface area contributed by atoms with E-state index in [-0.39, 0.29) is 34.7 Å². The lowest BCUT2D eigenvalue weighted by atomic mass is 9.49. The van der Waals surface area contributed by atoms with Gasteiger partial charge in [-0.25, -0.2) is 0 Å². The molecule has 1 aromatic carbocycles. The lowest BCUT2D eigenvalue weighted by molar-refractivity contribution is -0.172. The summed E-state index contributed by atoms with van der Waals surface area (Å²) in [6.45, 7) is 4.65. The van der Waals surface area contributed by atoms with Gasteiger partial charge in [0.05, 0.1) is 13.2 Å². The van der Waals surface area contributed by atoms with E-state index < -0.39 is 17.1 Å². The number of carbonyl (C=O) groups excluding carboxylic acids is 2. The van der Waals surface area contributed by atoms with E-state index in [1.54, 1.807) is 25.3 Å². The van der Waals surface area contributed by atoms with Crippen LogP contribution in [0.5, 0.6) is 11.5 Å². The van der Waals surface area contributed by atoms with Crippen molar-refractivity contribution < 1.29 is 28.9 Å². The molecule has 2 fully saturated rings. The van der Waals surface area contributed by atoms with Gasteiger partial charge in [0, 0.05) is 36.9 Å². The van der Waals surface area contributed by atoms with Gasteiger partial charge in [-0.05, 0) is 26.0 Å². The number of rotatable bonds is 4. The molecule has 6 nitrogen and oxygen atoms in total. The van der Waals surface area contributed by atoms with Crippen LogP contribution < -0.4 is 4.74 Å². The number of fused-ring (bicyclic) bond motifs is 1. The van der Waals surface area contributed by atoms with Gasteiger partial charge in [-0.15, -0.1) is 0 Å². The van der Waals surface area contributed by atoms with Gasteiger partial charge in [0.15, 0.2) is 22.8 Å². The van der Waals surface area contributed by atoms with Gasteiger partial charge in [0.25, 0.3) is 0 Å². The Morgan fingerprint density at radius 1 is 1.34 bits per heavy atom. The number of phenols is 1. The Morgan fingerprint density at radius 3 is 2.86 bits per heavy atom. The van der Waals surface area contributed by atoms with Crippen LogP contribution in [-0.2, 0) is 14.3 Å². The largest absolute Gasteiger partial charge is 0.507 e. The van der Waals surface area contributed by atoms with Crippen LogP contribution in [0.3, 0.4) is 0 Å². The normalized spacial score (nSPS) is 36.2. The third-order valence-corrected chi connectivity index (χ3v) is 6.96. The molecular formula is C23H24O6. The number of methoxy groups -OCH3 is 1. The monoisotopic (exact) mass is 396 g/mol.